The van der Waals surface area contributed by atoms with Crippen LogP contribution >= 0.6 is 11.3 Å². The number of unbranched alkanes of at least 4 members (excludes halogenated alkanes) is 3. The second kappa shape index (κ2) is 18.6. The average molecular weight is 691 g/mol. The van der Waals surface area contributed by atoms with Crippen LogP contribution in [-0.4, -0.2) is 96.6 Å². The average Bonchev–Trinajstić information content (AvgIpc) is 3.37. The Morgan fingerprint density at radius 1 is 0.917 bits per heavy atom. The van der Waals surface area contributed by atoms with Crippen LogP contribution in [0.4, 0.5) is 19.1 Å². The largest absolute Gasteiger partial charge is 0.491 e. The van der Waals surface area contributed by atoms with Gasteiger partial charge in [0.1, 0.15) is 11.2 Å². The molecule has 1 N–H and O–H groups in total. The van der Waals surface area contributed by atoms with Gasteiger partial charge in [-0.2, -0.15) is 0 Å². The molecule has 0 unspecified atom stereocenters. The second-order valence-corrected chi connectivity index (χ2v) is 14.7. The number of thiazole rings is 1. The Kier molecular flexibility index (Phi) is 15.6. The number of carbonyl (C=O) groups is 3. The van der Waals surface area contributed by atoms with Crippen LogP contribution in [0.5, 0.6) is 5.75 Å². The molecule has 0 fully saturated rings. The van der Waals surface area contributed by atoms with Gasteiger partial charge in [-0.15, -0.1) is 11.3 Å². The number of carbonyl (C=O) groups excluding carboxylic acids is 2. The molecule has 1 aromatic carbocycles. The van der Waals surface area contributed by atoms with Crippen LogP contribution in [0.3, 0.4) is 0 Å². The molecule has 1 aromatic heterocycles. The molecule has 0 saturated heterocycles. The summed E-state index contributed by atoms with van der Waals surface area (Å²) in [4.78, 5) is 46.9. The number of aromatic nitrogens is 1. The van der Waals surface area contributed by atoms with Crippen molar-refractivity contribution in [1.82, 2.24) is 14.8 Å². The van der Waals surface area contributed by atoms with E-state index in [-0.39, 0.29) is 29.7 Å². The van der Waals surface area contributed by atoms with Crippen LogP contribution in [0.1, 0.15) is 94.6 Å². The molecule has 11 nitrogen and oxygen atoms in total. The maximum atomic E-state index is 14.7. The molecule has 0 spiro atoms. The predicted octanol–water partition coefficient (Wildman–Crippen LogP) is 7.07. The number of halogens is 1. The lowest BCUT2D eigenvalue weighted by atomic mass is 10.2. The normalized spacial score (nSPS) is 11.5. The van der Waals surface area contributed by atoms with Crippen molar-refractivity contribution in [2.75, 3.05) is 52.3 Å². The first kappa shape index (κ1) is 40.3. The molecule has 0 aliphatic carbocycles. The number of hydrogen-bond acceptors (Lipinski definition) is 9. The number of amides is 2. The van der Waals surface area contributed by atoms with Crippen molar-refractivity contribution in [2.45, 2.75) is 91.3 Å². The molecule has 266 valence electrons. The van der Waals surface area contributed by atoms with Gasteiger partial charge in [0, 0.05) is 24.0 Å². The number of hydrogen-bond donors (Lipinski definition) is 1. The number of nitrogens with zero attached hydrogens (tertiary/aromatic N) is 4. The number of rotatable bonds is 15. The Morgan fingerprint density at radius 2 is 1.54 bits per heavy atom. The van der Waals surface area contributed by atoms with Gasteiger partial charge in [0.2, 0.25) is 0 Å². The summed E-state index contributed by atoms with van der Waals surface area (Å²) in [5, 5.41) is 10.1. The molecule has 0 radical (unpaired) electrons. The standard InChI is InChI=1S/C35H51FN4O7S/c1-34(2,3)46-32(43)39(9)21-14-16-25-18-19-27(26(36)24-25)45-23-15-17-28-29(30(41)42)37-31(48-28)40(33(44)47-35(4,5)6)22-13-11-10-12-20-38(7)8/h18-19,24H,10-13,15,17,20-23H2,1-9H3,(H,41,42). The number of anilines is 1. The summed E-state index contributed by atoms with van der Waals surface area (Å²) < 4.78 is 31.3. The summed E-state index contributed by atoms with van der Waals surface area (Å²) in [6.45, 7) is 12.2. The van der Waals surface area contributed by atoms with Crippen LogP contribution in [0.2, 0.25) is 0 Å². The molecule has 2 aromatic rings. The van der Waals surface area contributed by atoms with E-state index in [2.05, 4.69) is 21.7 Å². The summed E-state index contributed by atoms with van der Waals surface area (Å²) in [7, 11) is 5.63. The van der Waals surface area contributed by atoms with Crippen LogP contribution < -0.4 is 9.64 Å². The molecule has 1 heterocycles. The number of aromatic carboxylic acids is 1. The highest BCUT2D eigenvalue weighted by Gasteiger charge is 2.28. The van der Waals surface area contributed by atoms with E-state index in [0.717, 1.165) is 43.6 Å². The first-order chi connectivity index (χ1) is 22.4. The van der Waals surface area contributed by atoms with Crippen molar-refractivity contribution < 1.29 is 38.1 Å². The third kappa shape index (κ3) is 14.9. The molecular weight excluding hydrogens is 639 g/mol. The molecule has 0 bridgehead atoms. The van der Waals surface area contributed by atoms with Gasteiger partial charge in [-0.3, -0.25) is 4.90 Å². The Morgan fingerprint density at radius 3 is 2.12 bits per heavy atom. The van der Waals surface area contributed by atoms with Gasteiger partial charge < -0.3 is 29.1 Å². The lowest BCUT2D eigenvalue weighted by molar-refractivity contribution is 0.0320. The quantitative estimate of drug-likeness (QED) is 0.154. The maximum Gasteiger partial charge on any atom is 0.416 e. The van der Waals surface area contributed by atoms with E-state index in [4.69, 9.17) is 14.2 Å². The van der Waals surface area contributed by atoms with Gasteiger partial charge in [-0.25, -0.2) is 23.8 Å². The molecule has 2 amide bonds. The zero-order valence-electron chi connectivity index (χ0n) is 29.8. The Labute approximate surface area is 288 Å². The maximum absolute atomic E-state index is 14.7. The summed E-state index contributed by atoms with van der Waals surface area (Å²) >= 11 is 1.14. The highest BCUT2D eigenvalue weighted by atomic mass is 32.1. The van der Waals surface area contributed by atoms with E-state index < -0.39 is 35.2 Å². The number of benzene rings is 1. The molecule has 0 aliphatic rings. The zero-order chi connectivity index (χ0) is 36.1. The zero-order valence-corrected chi connectivity index (χ0v) is 30.6. The topological polar surface area (TPSA) is 122 Å². The monoisotopic (exact) mass is 690 g/mol. The van der Waals surface area contributed by atoms with Crippen molar-refractivity contribution in [1.29, 1.82) is 0 Å². The molecule has 48 heavy (non-hydrogen) atoms. The van der Waals surface area contributed by atoms with Gasteiger partial charge in [-0.1, -0.05) is 24.7 Å². The van der Waals surface area contributed by atoms with Gasteiger partial charge in [0.15, 0.2) is 22.4 Å². The first-order valence-corrected chi connectivity index (χ1v) is 16.9. The van der Waals surface area contributed by atoms with E-state index in [1.54, 1.807) is 54.7 Å². The third-order valence-electron chi connectivity index (χ3n) is 6.46. The van der Waals surface area contributed by atoms with Gasteiger partial charge in [0.25, 0.3) is 0 Å². The summed E-state index contributed by atoms with van der Waals surface area (Å²) in [6.07, 6.45) is 3.30. The highest BCUT2D eigenvalue weighted by Crippen LogP contribution is 2.30. The Balaban J connectivity index is 2.02. The molecule has 13 heteroatoms. The Bertz CT molecular complexity index is 1440. The first-order valence-electron chi connectivity index (χ1n) is 16.1. The third-order valence-corrected chi connectivity index (χ3v) is 7.60. The van der Waals surface area contributed by atoms with Crippen molar-refractivity contribution in [3.8, 4) is 17.6 Å². The van der Waals surface area contributed by atoms with E-state index >= 15 is 0 Å². The van der Waals surface area contributed by atoms with Gasteiger partial charge in [-0.05, 0) is 106 Å². The SMILES string of the molecule is CN(C)CCCCCCN(C(=O)OC(C)(C)C)c1nc(C(=O)O)c(CCCOc2ccc(C#CCN(C)C(=O)OC(C)(C)C)cc2F)s1. The summed E-state index contributed by atoms with van der Waals surface area (Å²) in [6, 6.07) is 4.34. The minimum Gasteiger partial charge on any atom is -0.491 e. The number of ether oxygens (including phenoxy) is 3. The molecule has 0 aliphatic heterocycles. The van der Waals surface area contributed by atoms with Crippen molar-refractivity contribution >= 4 is 34.6 Å². The summed E-state index contributed by atoms with van der Waals surface area (Å²) in [5.41, 5.74) is -1.05. The minimum atomic E-state index is -1.19. The van der Waals surface area contributed by atoms with Crippen molar-refractivity contribution in [3.63, 3.8) is 0 Å². The van der Waals surface area contributed by atoms with Crippen molar-refractivity contribution in [2.24, 2.45) is 0 Å². The minimum absolute atomic E-state index is 0.0385. The fraction of sp³-hybridized carbons (Fsp3) is 0.600. The van der Waals surface area contributed by atoms with Gasteiger partial charge >= 0.3 is 18.2 Å². The fourth-order valence-corrected chi connectivity index (χ4v) is 5.31. The Hall–Kier alpha value is -3.89. The fourth-order valence-electron chi connectivity index (χ4n) is 4.20. The summed E-state index contributed by atoms with van der Waals surface area (Å²) in [5.74, 6) is 3.91. The highest BCUT2D eigenvalue weighted by molar-refractivity contribution is 7.16. The van der Waals surface area contributed by atoms with Crippen LogP contribution in [0.25, 0.3) is 0 Å². The molecule has 0 saturated carbocycles. The van der Waals surface area contributed by atoms with E-state index in [9.17, 15) is 23.9 Å². The predicted molar refractivity (Wildman–Crippen MR) is 186 cm³/mol. The second-order valence-electron chi connectivity index (χ2n) is 13.7. The van der Waals surface area contributed by atoms with Crippen LogP contribution in [0.15, 0.2) is 18.2 Å². The van der Waals surface area contributed by atoms with E-state index in [1.807, 2.05) is 14.1 Å². The van der Waals surface area contributed by atoms with E-state index in [0.29, 0.717) is 29.8 Å². The van der Waals surface area contributed by atoms with E-state index in [1.165, 1.54) is 21.9 Å². The smallest absolute Gasteiger partial charge is 0.416 e. The lowest BCUT2D eigenvalue weighted by Crippen LogP contribution is -2.37. The number of carboxylic acid groups (broad SMARTS) is 1. The number of carboxylic acids is 1. The van der Waals surface area contributed by atoms with Crippen LogP contribution in [-0.2, 0) is 15.9 Å². The van der Waals surface area contributed by atoms with Crippen molar-refractivity contribution in [3.05, 3.63) is 40.2 Å². The van der Waals surface area contributed by atoms with Crippen LogP contribution in [0, 0.1) is 17.7 Å². The number of aryl methyl sites for hydroxylation is 1. The molecule has 0 atom stereocenters. The van der Waals surface area contributed by atoms with Gasteiger partial charge in [0.05, 0.1) is 13.2 Å². The lowest BCUT2D eigenvalue weighted by Gasteiger charge is -2.25. The molecular formula is C35H51FN4O7S. The molecule has 2 rings (SSSR count).